The largest absolute Gasteiger partial charge is 0.380 e. The molecule has 0 aliphatic rings. The zero-order chi connectivity index (χ0) is 13.1. The maximum absolute atomic E-state index is 11.9. The van der Waals surface area contributed by atoms with E-state index >= 15 is 0 Å². The van der Waals surface area contributed by atoms with Crippen molar-refractivity contribution >= 4 is 5.91 Å². The lowest BCUT2D eigenvalue weighted by atomic mass is 9.91. The summed E-state index contributed by atoms with van der Waals surface area (Å²) in [6.07, 6.45) is 0. The van der Waals surface area contributed by atoms with Gasteiger partial charge in [0.2, 0.25) is 0 Å². The molecule has 2 N–H and O–H groups in total. The van der Waals surface area contributed by atoms with E-state index in [0.29, 0.717) is 0 Å². The van der Waals surface area contributed by atoms with Crippen LogP contribution in [-0.2, 0) is 4.79 Å². The fourth-order valence-corrected chi connectivity index (χ4v) is 1.43. The molecule has 1 aromatic carbocycles. The number of benzene rings is 1. The van der Waals surface area contributed by atoms with Gasteiger partial charge in [0.15, 0.2) is 0 Å². The van der Waals surface area contributed by atoms with E-state index < -0.39 is 5.60 Å². The molecule has 17 heavy (non-hydrogen) atoms. The summed E-state index contributed by atoms with van der Waals surface area (Å²) in [5.74, 6) is -0.450. The summed E-state index contributed by atoms with van der Waals surface area (Å²) in [5, 5.41) is 12.9. The average molecular weight is 235 g/mol. The van der Waals surface area contributed by atoms with Gasteiger partial charge >= 0.3 is 0 Å². The summed E-state index contributed by atoms with van der Waals surface area (Å²) >= 11 is 0. The number of carbonyl (C=O) groups excluding carboxylic acids is 1. The molecule has 1 amide bonds. The van der Waals surface area contributed by atoms with E-state index in [1.165, 1.54) is 0 Å². The average Bonchev–Trinajstić information content (AvgIpc) is 2.29. The minimum atomic E-state index is -1.33. The van der Waals surface area contributed by atoms with Crippen molar-refractivity contribution in [2.45, 2.75) is 39.3 Å². The van der Waals surface area contributed by atoms with Crippen LogP contribution in [0.3, 0.4) is 0 Å². The van der Waals surface area contributed by atoms with Gasteiger partial charge in [0.1, 0.15) is 5.60 Å². The third kappa shape index (κ3) is 3.30. The topological polar surface area (TPSA) is 49.3 Å². The van der Waals surface area contributed by atoms with Gasteiger partial charge in [-0.05, 0) is 25.3 Å². The highest BCUT2D eigenvalue weighted by molar-refractivity contribution is 5.85. The van der Waals surface area contributed by atoms with Crippen LogP contribution in [0.5, 0.6) is 0 Å². The van der Waals surface area contributed by atoms with Crippen LogP contribution in [0.1, 0.15) is 39.3 Å². The smallest absolute Gasteiger partial charge is 0.252 e. The zero-order valence-electron chi connectivity index (χ0n) is 10.9. The molecule has 0 heterocycles. The Bertz CT molecular complexity index is 371. The van der Waals surface area contributed by atoms with Gasteiger partial charge in [0, 0.05) is 0 Å². The highest BCUT2D eigenvalue weighted by Crippen LogP contribution is 2.19. The molecule has 0 bridgehead atoms. The third-order valence-electron chi connectivity index (χ3n) is 3.23. The molecule has 1 aromatic rings. The first-order valence-electron chi connectivity index (χ1n) is 5.94. The van der Waals surface area contributed by atoms with E-state index in [2.05, 4.69) is 5.32 Å². The Labute approximate surface area is 103 Å². The van der Waals surface area contributed by atoms with E-state index in [1.54, 1.807) is 6.92 Å². The molecule has 0 radical (unpaired) electrons. The van der Waals surface area contributed by atoms with E-state index in [-0.39, 0.29) is 17.9 Å². The van der Waals surface area contributed by atoms with E-state index in [4.69, 9.17) is 0 Å². The molecular weight excluding hydrogens is 214 g/mol. The molecule has 0 aliphatic carbocycles. The number of aliphatic hydroxyl groups is 1. The highest BCUT2D eigenvalue weighted by Gasteiger charge is 2.34. The quantitative estimate of drug-likeness (QED) is 0.841. The summed E-state index contributed by atoms with van der Waals surface area (Å²) in [6.45, 7) is 7.11. The minimum absolute atomic E-state index is 0.103. The van der Waals surface area contributed by atoms with Crippen molar-refractivity contribution in [3.8, 4) is 0 Å². The molecule has 2 atom stereocenters. The molecule has 0 fully saturated rings. The van der Waals surface area contributed by atoms with Crippen LogP contribution in [0.25, 0.3) is 0 Å². The van der Waals surface area contributed by atoms with Crippen LogP contribution < -0.4 is 5.32 Å². The Hall–Kier alpha value is -1.35. The molecule has 0 spiro atoms. The summed E-state index contributed by atoms with van der Waals surface area (Å²) < 4.78 is 0. The Morgan fingerprint density at radius 2 is 1.76 bits per heavy atom. The fourth-order valence-electron chi connectivity index (χ4n) is 1.43. The standard InChI is InChI=1S/C14H21NO2/c1-10(2)14(4,17)13(16)15-11(3)12-8-6-5-7-9-12/h5-11,17H,1-4H3,(H,15,16)/t11-,14+/m1/s1. The Morgan fingerprint density at radius 1 is 1.24 bits per heavy atom. The van der Waals surface area contributed by atoms with Gasteiger partial charge in [0.25, 0.3) is 5.91 Å². The van der Waals surface area contributed by atoms with Crippen molar-refractivity contribution in [3.63, 3.8) is 0 Å². The van der Waals surface area contributed by atoms with Gasteiger partial charge in [-0.1, -0.05) is 44.2 Å². The number of carbonyl (C=O) groups is 1. The van der Waals surface area contributed by atoms with Gasteiger partial charge in [-0.15, -0.1) is 0 Å². The van der Waals surface area contributed by atoms with E-state index in [1.807, 2.05) is 51.1 Å². The van der Waals surface area contributed by atoms with Crippen molar-refractivity contribution in [1.82, 2.24) is 5.32 Å². The maximum atomic E-state index is 11.9. The van der Waals surface area contributed by atoms with Crippen LogP contribution in [0.15, 0.2) is 30.3 Å². The van der Waals surface area contributed by atoms with Gasteiger partial charge in [0.05, 0.1) is 6.04 Å². The molecular formula is C14H21NO2. The predicted octanol–water partition coefficient (Wildman–Crippen LogP) is 2.27. The lowest BCUT2D eigenvalue weighted by molar-refractivity contribution is -0.143. The minimum Gasteiger partial charge on any atom is -0.380 e. The van der Waals surface area contributed by atoms with Gasteiger partial charge in [-0.2, -0.15) is 0 Å². The second-order valence-corrected chi connectivity index (χ2v) is 4.91. The molecule has 0 saturated heterocycles. The molecule has 1 rings (SSSR count). The first kappa shape index (κ1) is 13.7. The van der Waals surface area contributed by atoms with E-state index in [0.717, 1.165) is 5.56 Å². The zero-order valence-corrected chi connectivity index (χ0v) is 10.9. The second kappa shape index (κ2) is 5.32. The summed E-state index contributed by atoms with van der Waals surface area (Å²) in [7, 11) is 0. The second-order valence-electron chi connectivity index (χ2n) is 4.91. The molecule has 3 heteroatoms. The summed E-state index contributed by atoms with van der Waals surface area (Å²) in [4.78, 5) is 11.9. The van der Waals surface area contributed by atoms with Crippen LogP contribution in [0.2, 0.25) is 0 Å². The van der Waals surface area contributed by atoms with Crippen LogP contribution >= 0.6 is 0 Å². The number of hydrogen-bond acceptors (Lipinski definition) is 2. The lowest BCUT2D eigenvalue weighted by Gasteiger charge is -2.28. The molecule has 0 aliphatic heterocycles. The Balaban J connectivity index is 2.70. The first-order valence-corrected chi connectivity index (χ1v) is 5.94. The lowest BCUT2D eigenvalue weighted by Crippen LogP contribution is -2.48. The molecule has 3 nitrogen and oxygen atoms in total. The number of nitrogens with one attached hydrogen (secondary N) is 1. The molecule has 0 unspecified atom stereocenters. The Morgan fingerprint density at radius 3 is 2.24 bits per heavy atom. The maximum Gasteiger partial charge on any atom is 0.252 e. The normalized spacial score (nSPS) is 16.4. The number of amides is 1. The van der Waals surface area contributed by atoms with Crippen molar-refractivity contribution in [2.75, 3.05) is 0 Å². The van der Waals surface area contributed by atoms with Gasteiger partial charge < -0.3 is 10.4 Å². The number of hydrogen-bond donors (Lipinski definition) is 2. The van der Waals surface area contributed by atoms with Crippen LogP contribution in [0.4, 0.5) is 0 Å². The van der Waals surface area contributed by atoms with E-state index in [9.17, 15) is 9.90 Å². The van der Waals surface area contributed by atoms with Crippen molar-refractivity contribution < 1.29 is 9.90 Å². The van der Waals surface area contributed by atoms with Crippen molar-refractivity contribution in [3.05, 3.63) is 35.9 Å². The monoisotopic (exact) mass is 235 g/mol. The summed E-state index contributed by atoms with van der Waals surface area (Å²) in [5.41, 5.74) is -0.302. The van der Waals surface area contributed by atoms with Gasteiger partial charge in [-0.25, -0.2) is 0 Å². The van der Waals surface area contributed by atoms with Crippen molar-refractivity contribution in [2.24, 2.45) is 5.92 Å². The van der Waals surface area contributed by atoms with Crippen molar-refractivity contribution in [1.29, 1.82) is 0 Å². The SMILES string of the molecule is CC(C)[C@](C)(O)C(=O)N[C@H](C)c1ccccc1. The molecule has 0 aromatic heterocycles. The number of rotatable bonds is 4. The third-order valence-corrected chi connectivity index (χ3v) is 3.23. The van der Waals surface area contributed by atoms with Gasteiger partial charge in [-0.3, -0.25) is 4.79 Å². The highest BCUT2D eigenvalue weighted by atomic mass is 16.3. The Kier molecular flexibility index (Phi) is 4.29. The fraction of sp³-hybridized carbons (Fsp3) is 0.500. The first-order chi connectivity index (χ1) is 7.85. The molecule has 94 valence electrons. The predicted molar refractivity (Wildman–Crippen MR) is 68.5 cm³/mol. The van der Waals surface area contributed by atoms with Crippen LogP contribution in [-0.4, -0.2) is 16.6 Å². The molecule has 0 saturated carbocycles. The summed E-state index contributed by atoms with van der Waals surface area (Å²) in [6, 6.07) is 9.60. The van der Waals surface area contributed by atoms with Crippen LogP contribution in [0, 0.1) is 5.92 Å².